The van der Waals surface area contributed by atoms with Crippen molar-refractivity contribution in [2.45, 2.75) is 39.0 Å². The Hall–Kier alpha value is -1.61. The average molecular weight is 285 g/mol. The maximum atomic E-state index is 4.26. The van der Waals surface area contributed by atoms with Crippen LogP contribution in [-0.4, -0.2) is 22.9 Å². The van der Waals surface area contributed by atoms with E-state index in [1.807, 2.05) is 17.9 Å². The summed E-state index contributed by atoms with van der Waals surface area (Å²) in [4.78, 5) is 0. The molecular weight excluding hydrogens is 258 g/mol. The highest BCUT2D eigenvalue weighted by Gasteiger charge is 2.12. The molecule has 0 aliphatic carbocycles. The van der Waals surface area contributed by atoms with Crippen LogP contribution >= 0.6 is 0 Å². The van der Waals surface area contributed by atoms with Crippen molar-refractivity contribution in [3.8, 4) is 0 Å². The maximum absolute atomic E-state index is 4.26. The summed E-state index contributed by atoms with van der Waals surface area (Å²) >= 11 is 0. The number of aryl methyl sites for hydroxylation is 3. The van der Waals surface area contributed by atoms with Crippen LogP contribution in [-0.2, 0) is 13.5 Å². The molecule has 114 valence electrons. The van der Waals surface area contributed by atoms with Gasteiger partial charge in [0, 0.05) is 19.8 Å². The lowest BCUT2D eigenvalue weighted by Gasteiger charge is -2.18. The van der Waals surface area contributed by atoms with Crippen LogP contribution in [0.3, 0.4) is 0 Å². The normalized spacial score (nSPS) is 12.5. The van der Waals surface area contributed by atoms with Crippen LogP contribution in [0.25, 0.3) is 0 Å². The predicted molar refractivity (Wildman–Crippen MR) is 88.6 cm³/mol. The molecule has 0 saturated carbocycles. The minimum absolute atomic E-state index is 0.566. The molecule has 0 aliphatic rings. The van der Waals surface area contributed by atoms with Gasteiger partial charge >= 0.3 is 0 Å². The lowest BCUT2D eigenvalue weighted by molar-refractivity contribution is 0.548. The van der Waals surface area contributed by atoms with Gasteiger partial charge in [-0.05, 0) is 49.8 Å². The molecule has 0 aliphatic heterocycles. The number of benzene rings is 1. The molecule has 1 unspecified atom stereocenters. The second-order valence-corrected chi connectivity index (χ2v) is 5.88. The van der Waals surface area contributed by atoms with E-state index in [1.54, 1.807) is 0 Å². The first-order valence-corrected chi connectivity index (χ1v) is 7.94. The van der Waals surface area contributed by atoms with Crippen molar-refractivity contribution in [1.29, 1.82) is 0 Å². The van der Waals surface area contributed by atoms with Gasteiger partial charge in [-0.1, -0.05) is 36.8 Å². The van der Waals surface area contributed by atoms with E-state index in [9.17, 15) is 0 Å². The SMILES string of the molecule is CCCNCC(CCc1cnn(C)c1)c1cccc(C)c1. The van der Waals surface area contributed by atoms with Gasteiger partial charge in [0.25, 0.3) is 0 Å². The number of nitrogens with one attached hydrogen (secondary N) is 1. The van der Waals surface area contributed by atoms with Crippen molar-refractivity contribution in [2.24, 2.45) is 7.05 Å². The summed E-state index contributed by atoms with van der Waals surface area (Å²) in [5.41, 5.74) is 4.11. The maximum Gasteiger partial charge on any atom is 0.0521 e. The van der Waals surface area contributed by atoms with Crippen molar-refractivity contribution < 1.29 is 0 Å². The number of rotatable bonds is 8. The number of hydrogen-bond acceptors (Lipinski definition) is 2. The van der Waals surface area contributed by atoms with Crippen LogP contribution in [0.4, 0.5) is 0 Å². The van der Waals surface area contributed by atoms with Crippen molar-refractivity contribution >= 4 is 0 Å². The van der Waals surface area contributed by atoms with Crippen molar-refractivity contribution in [3.05, 3.63) is 53.3 Å². The second kappa shape index (κ2) is 7.99. The molecule has 3 heteroatoms. The van der Waals surface area contributed by atoms with E-state index in [-0.39, 0.29) is 0 Å². The molecule has 2 aromatic rings. The topological polar surface area (TPSA) is 29.9 Å². The van der Waals surface area contributed by atoms with Gasteiger partial charge in [-0.15, -0.1) is 0 Å². The standard InChI is InChI=1S/C18H27N3/c1-4-10-19-13-18(17-7-5-6-15(2)11-17)9-8-16-12-20-21(3)14-16/h5-7,11-12,14,18-19H,4,8-10,13H2,1-3H3. The summed E-state index contributed by atoms with van der Waals surface area (Å²) in [6, 6.07) is 8.92. The first kappa shape index (κ1) is 15.8. The zero-order chi connectivity index (χ0) is 15.1. The molecule has 1 aromatic heterocycles. The molecule has 1 heterocycles. The first-order valence-electron chi connectivity index (χ1n) is 7.94. The van der Waals surface area contributed by atoms with Gasteiger partial charge in [-0.25, -0.2) is 0 Å². The van der Waals surface area contributed by atoms with E-state index in [2.05, 4.69) is 54.7 Å². The van der Waals surface area contributed by atoms with E-state index < -0.39 is 0 Å². The van der Waals surface area contributed by atoms with Crippen molar-refractivity contribution in [2.75, 3.05) is 13.1 Å². The Labute approximate surface area is 128 Å². The highest BCUT2D eigenvalue weighted by Crippen LogP contribution is 2.22. The first-order chi connectivity index (χ1) is 10.2. The van der Waals surface area contributed by atoms with Gasteiger partial charge in [0.2, 0.25) is 0 Å². The van der Waals surface area contributed by atoms with Crippen LogP contribution in [0.5, 0.6) is 0 Å². The number of aromatic nitrogens is 2. The largest absolute Gasteiger partial charge is 0.316 e. The zero-order valence-electron chi connectivity index (χ0n) is 13.5. The quantitative estimate of drug-likeness (QED) is 0.753. The van der Waals surface area contributed by atoms with Crippen LogP contribution < -0.4 is 5.32 Å². The molecule has 21 heavy (non-hydrogen) atoms. The molecule has 0 bridgehead atoms. The van der Waals surface area contributed by atoms with Gasteiger partial charge in [0.15, 0.2) is 0 Å². The average Bonchev–Trinajstić information content (AvgIpc) is 2.88. The monoisotopic (exact) mass is 285 g/mol. The fourth-order valence-corrected chi connectivity index (χ4v) is 2.71. The molecule has 0 fully saturated rings. The highest BCUT2D eigenvalue weighted by atomic mass is 15.2. The van der Waals surface area contributed by atoms with Gasteiger partial charge in [-0.2, -0.15) is 5.10 Å². The lowest BCUT2D eigenvalue weighted by Crippen LogP contribution is -2.22. The van der Waals surface area contributed by atoms with Crippen LogP contribution in [0.15, 0.2) is 36.7 Å². The summed E-state index contributed by atoms with van der Waals surface area (Å²) in [5, 5.41) is 7.83. The Bertz CT molecular complexity index is 545. The molecule has 0 saturated heterocycles. The molecular formula is C18H27N3. The fourth-order valence-electron chi connectivity index (χ4n) is 2.71. The fraction of sp³-hybridized carbons (Fsp3) is 0.500. The van der Waals surface area contributed by atoms with Gasteiger partial charge in [0.1, 0.15) is 0 Å². The summed E-state index contributed by atoms with van der Waals surface area (Å²) in [7, 11) is 1.98. The third kappa shape index (κ3) is 5.01. The second-order valence-electron chi connectivity index (χ2n) is 5.88. The molecule has 2 rings (SSSR count). The minimum Gasteiger partial charge on any atom is -0.316 e. The number of hydrogen-bond donors (Lipinski definition) is 1. The van der Waals surface area contributed by atoms with Crippen molar-refractivity contribution in [3.63, 3.8) is 0 Å². The Morgan fingerprint density at radius 3 is 2.86 bits per heavy atom. The Balaban J connectivity index is 2.00. The lowest BCUT2D eigenvalue weighted by atomic mass is 9.92. The number of nitrogens with zero attached hydrogens (tertiary/aromatic N) is 2. The summed E-state index contributed by atoms with van der Waals surface area (Å²) < 4.78 is 1.88. The van der Waals surface area contributed by atoms with E-state index in [0.717, 1.165) is 25.9 Å². The van der Waals surface area contributed by atoms with E-state index in [1.165, 1.54) is 23.1 Å². The minimum atomic E-state index is 0.566. The van der Waals surface area contributed by atoms with Crippen LogP contribution in [0, 0.1) is 6.92 Å². The molecule has 3 nitrogen and oxygen atoms in total. The summed E-state index contributed by atoms with van der Waals surface area (Å²) in [5.74, 6) is 0.566. The smallest absolute Gasteiger partial charge is 0.0521 e. The molecule has 0 radical (unpaired) electrons. The van der Waals surface area contributed by atoms with E-state index in [0.29, 0.717) is 5.92 Å². The molecule has 1 N–H and O–H groups in total. The Kier molecular flexibility index (Phi) is 6.00. The van der Waals surface area contributed by atoms with Crippen LogP contribution in [0.2, 0.25) is 0 Å². The third-order valence-corrected chi connectivity index (χ3v) is 3.87. The van der Waals surface area contributed by atoms with Crippen LogP contribution in [0.1, 0.15) is 42.4 Å². The van der Waals surface area contributed by atoms with E-state index in [4.69, 9.17) is 0 Å². The summed E-state index contributed by atoms with van der Waals surface area (Å²) in [6.07, 6.45) is 7.52. The Morgan fingerprint density at radius 2 is 2.19 bits per heavy atom. The Morgan fingerprint density at radius 1 is 1.33 bits per heavy atom. The highest BCUT2D eigenvalue weighted by molar-refractivity contribution is 5.26. The summed E-state index contributed by atoms with van der Waals surface area (Å²) in [6.45, 7) is 6.53. The zero-order valence-corrected chi connectivity index (χ0v) is 13.5. The van der Waals surface area contributed by atoms with Crippen molar-refractivity contribution in [1.82, 2.24) is 15.1 Å². The third-order valence-electron chi connectivity index (χ3n) is 3.87. The molecule has 1 aromatic carbocycles. The van der Waals surface area contributed by atoms with Gasteiger partial charge in [0.05, 0.1) is 6.20 Å². The molecule has 0 spiro atoms. The van der Waals surface area contributed by atoms with Gasteiger partial charge < -0.3 is 5.32 Å². The van der Waals surface area contributed by atoms with E-state index >= 15 is 0 Å². The molecule has 1 atom stereocenters. The molecule has 0 amide bonds. The van der Waals surface area contributed by atoms with Gasteiger partial charge in [-0.3, -0.25) is 4.68 Å². The predicted octanol–water partition coefficient (Wildman–Crippen LogP) is 3.44.